The van der Waals surface area contributed by atoms with E-state index in [1.807, 2.05) is 55.5 Å². The fourth-order valence-corrected chi connectivity index (χ4v) is 3.47. The summed E-state index contributed by atoms with van der Waals surface area (Å²) in [5, 5.41) is 6.69. The van der Waals surface area contributed by atoms with Crippen LogP contribution in [0.3, 0.4) is 0 Å². The minimum atomic E-state index is -0.405. The molecule has 0 radical (unpaired) electrons. The molecular weight excluding hydrogens is 360 g/mol. The summed E-state index contributed by atoms with van der Waals surface area (Å²) >= 11 is 5.31. The standard InChI is InChI=1S/C21H22N2O3S/c1-13-18(14(2)24)19(23-21(27)22-13)16-10-7-11-17(25-3)20(16)26-12-15-8-5-4-6-9-15/h4-11,19H,12H2,1-3H3,(H2,22,23,27). The van der Waals surface area contributed by atoms with Crippen LogP contribution in [0.4, 0.5) is 0 Å². The van der Waals surface area contributed by atoms with Crippen LogP contribution in [-0.4, -0.2) is 18.0 Å². The highest BCUT2D eigenvalue weighted by Crippen LogP contribution is 2.39. The molecule has 6 heteroatoms. The number of carbonyl (C=O) groups is 1. The van der Waals surface area contributed by atoms with E-state index in [1.165, 1.54) is 0 Å². The predicted octanol–water partition coefficient (Wildman–Crippen LogP) is 3.66. The molecule has 0 aliphatic carbocycles. The second-order valence-electron chi connectivity index (χ2n) is 6.28. The summed E-state index contributed by atoms with van der Waals surface area (Å²) in [6, 6.07) is 15.1. The van der Waals surface area contributed by atoms with Crippen molar-refractivity contribution in [3.63, 3.8) is 0 Å². The number of methoxy groups -OCH3 is 1. The Morgan fingerprint density at radius 1 is 1.15 bits per heavy atom. The third kappa shape index (κ3) is 4.11. The van der Waals surface area contributed by atoms with Gasteiger partial charge in [0.2, 0.25) is 0 Å². The molecule has 2 aromatic rings. The first-order chi connectivity index (χ1) is 13.0. The fourth-order valence-electron chi connectivity index (χ4n) is 3.20. The Kier molecular flexibility index (Phi) is 5.76. The Hall–Kier alpha value is -2.86. The van der Waals surface area contributed by atoms with Crippen molar-refractivity contribution in [1.29, 1.82) is 0 Å². The van der Waals surface area contributed by atoms with Gasteiger partial charge in [0.1, 0.15) is 6.61 Å². The summed E-state index contributed by atoms with van der Waals surface area (Å²) in [5.41, 5.74) is 3.22. The molecule has 27 heavy (non-hydrogen) atoms. The molecular formula is C21H22N2O3S. The van der Waals surface area contributed by atoms with Crippen LogP contribution in [0.15, 0.2) is 59.8 Å². The van der Waals surface area contributed by atoms with Crippen molar-refractivity contribution in [2.75, 3.05) is 7.11 Å². The van der Waals surface area contributed by atoms with Crippen molar-refractivity contribution in [1.82, 2.24) is 10.6 Å². The number of ether oxygens (including phenoxy) is 2. The van der Waals surface area contributed by atoms with Crippen LogP contribution in [0.5, 0.6) is 11.5 Å². The number of carbonyl (C=O) groups excluding carboxylic acids is 1. The highest BCUT2D eigenvalue weighted by Gasteiger charge is 2.31. The molecule has 1 aliphatic heterocycles. The number of nitrogens with one attached hydrogen (secondary N) is 2. The van der Waals surface area contributed by atoms with Gasteiger partial charge in [0, 0.05) is 16.8 Å². The monoisotopic (exact) mass is 382 g/mol. The molecule has 0 bridgehead atoms. The number of ketones is 1. The van der Waals surface area contributed by atoms with Gasteiger partial charge < -0.3 is 20.1 Å². The first-order valence-electron chi connectivity index (χ1n) is 8.64. The second kappa shape index (κ2) is 8.22. The Balaban J connectivity index is 2.03. The van der Waals surface area contributed by atoms with Crippen LogP contribution in [0, 0.1) is 0 Å². The molecule has 2 N–H and O–H groups in total. The van der Waals surface area contributed by atoms with Gasteiger partial charge in [-0.05, 0) is 37.7 Å². The molecule has 0 aromatic heterocycles. The number of hydrogen-bond acceptors (Lipinski definition) is 4. The van der Waals surface area contributed by atoms with Crippen LogP contribution in [0.1, 0.15) is 31.0 Å². The molecule has 140 valence electrons. The summed E-state index contributed by atoms with van der Waals surface area (Å²) < 4.78 is 11.6. The molecule has 1 heterocycles. The van der Waals surface area contributed by atoms with Crippen LogP contribution >= 0.6 is 12.2 Å². The zero-order chi connectivity index (χ0) is 19.4. The van der Waals surface area contributed by atoms with E-state index in [2.05, 4.69) is 10.6 Å². The van der Waals surface area contributed by atoms with Gasteiger partial charge in [0.05, 0.1) is 13.2 Å². The van der Waals surface area contributed by atoms with Crippen molar-refractivity contribution in [2.24, 2.45) is 0 Å². The number of hydrogen-bond donors (Lipinski definition) is 2. The van der Waals surface area contributed by atoms with Gasteiger partial charge in [-0.15, -0.1) is 0 Å². The van der Waals surface area contributed by atoms with Crippen molar-refractivity contribution in [3.8, 4) is 11.5 Å². The molecule has 3 rings (SSSR count). The van der Waals surface area contributed by atoms with Crippen LogP contribution in [-0.2, 0) is 11.4 Å². The molecule has 1 aliphatic rings. The summed E-state index contributed by atoms with van der Waals surface area (Å²) in [5.74, 6) is 1.17. The molecule has 0 saturated carbocycles. The molecule has 1 unspecified atom stereocenters. The van der Waals surface area contributed by atoms with E-state index < -0.39 is 6.04 Å². The van der Waals surface area contributed by atoms with Crippen LogP contribution in [0.2, 0.25) is 0 Å². The van der Waals surface area contributed by atoms with E-state index in [-0.39, 0.29) is 5.78 Å². The Labute approximate surface area is 164 Å². The van der Waals surface area contributed by atoms with Crippen LogP contribution in [0.25, 0.3) is 0 Å². The maximum atomic E-state index is 12.3. The fraction of sp³-hybridized carbons (Fsp3) is 0.238. The number of Topliss-reactive ketones (excluding diaryl/α,β-unsaturated/α-hetero) is 1. The van der Waals surface area contributed by atoms with Gasteiger partial charge in [-0.2, -0.15) is 0 Å². The molecule has 2 aromatic carbocycles. The lowest BCUT2D eigenvalue weighted by Gasteiger charge is -2.31. The van der Waals surface area contributed by atoms with Gasteiger partial charge in [-0.3, -0.25) is 4.79 Å². The second-order valence-corrected chi connectivity index (χ2v) is 6.69. The Bertz CT molecular complexity index is 894. The van der Waals surface area contributed by atoms with Gasteiger partial charge in [0.15, 0.2) is 22.4 Å². The lowest BCUT2D eigenvalue weighted by atomic mass is 9.92. The maximum Gasteiger partial charge on any atom is 0.171 e. The number of thiocarbonyl (C=S) groups is 1. The highest BCUT2D eigenvalue weighted by molar-refractivity contribution is 7.80. The Morgan fingerprint density at radius 3 is 2.56 bits per heavy atom. The summed E-state index contributed by atoms with van der Waals surface area (Å²) in [6.45, 7) is 3.79. The average Bonchev–Trinajstić information content (AvgIpc) is 2.65. The zero-order valence-corrected chi connectivity index (χ0v) is 16.4. The van der Waals surface area contributed by atoms with Gasteiger partial charge >= 0.3 is 0 Å². The zero-order valence-electron chi connectivity index (χ0n) is 15.5. The van der Waals surface area contributed by atoms with E-state index in [0.717, 1.165) is 16.8 Å². The summed E-state index contributed by atoms with van der Waals surface area (Å²) in [7, 11) is 1.60. The molecule has 0 spiro atoms. The predicted molar refractivity (Wildman–Crippen MR) is 109 cm³/mol. The lowest BCUT2D eigenvalue weighted by Crippen LogP contribution is -2.44. The van der Waals surface area contributed by atoms with Crippen molar-refractivity contribution in [2.45, 2.75) is 26.5 Å². The van der Waals surface area contributed by atoms with Crippen molar-refractivity contribution >= 4 is 23.1 Å². The molecule has 0 saturated heterocycles. The topological polar surface area (TPSA) is 59.6 Å². The maximum absolute atomic E-state index is 12.3. The number of benzene rings is 2. The minimum absolute atomic E-state index is 0.0307. The lowest BCUT2D eigenvalue weighted by molar-refractivity contribution is -0.114. The van der Waals surface area contributed by atoms with E-state index in [1.54, 1.807) is 14.0 Å². The highest BCUT2D eigenvalue weighted by atomic mass is 32.1. The van der Waals surface area contributed by atoms with Gasteiger partial charge in [-0.25, -0.2) is 0 Å². The largest absolute Gasteiger partial charge is 0.493 e. The van der Waals surface area contributed by atoms with E-state index in [0.29, 0.717) is 28.8 Å². The first kappa shape index (κ1) is 18.9. The number of allylic oxidation sites excluding steroid dienone is 1. The average molecular weight is 382 g/mol. The summed E-state index contributed by atoms with van der Waals surface area (Å²) in [6.07, 6.45) is 0. The first-order valence-corrected chi connectivity index (χ1v) is 9.05. The third-order valence-electron chi connectivity index (χ3n) is 4.41. The van der Waals surface area contributed by atoms with Gasteiger partial charge in [0.25, 0.3) is 0 Å². The van der Waals surface area contributed by atoms with Crippen molar-refractivity contribution in [3.05, 3.63) is 70.9 Å². The number of para-hydroxylation sites is 1. The Morgan fingerprint density at radius 2 is 1.89 bits per heavy atom. The quantitative estimate of drug-likeness (QED) is 0.744. The minimum Gasteiger partial charge on any atom is -0.493 e. The third-order valence-corrected chi connectivity index (χ3v) is 4.63. The van der Waals surface area contributed by atoms with E-state index in [9.17, 15) is 4.79 Å². The SMILES string of the molecule is COc1cccc(C2NC(=S)NC(C)=C2C(C)=O)c1OCc1ccccc1. The van der Waals surface area contributed by atoms with Crippen molar-refractivity contribution < 1.29 is 14.3 Å². The van der Waals surface area contributed by atoms with E-state index in [4.69, 9.17) is 21.7 Å². The summed E-state index contributed by atoms with van der Waals surface area (Å²) in [4.78, 5) is 12.3. The van der Waals surface area contributed by atoms with Crippen LogP contribution < -0.4 is 20.1 Å². The molecule has 0 amide bonds. The normalized spacial score (nSPS) is 16.4. The molecule has 5 nitrogen and oxygen atoms in total. The smallest absolute Gasteiger partial charge is 0.171 e. The molecule has 1 atom stereocenters. The number of rotatable bonds is 6. The van der Waals surface area contributed by atoms with E-state index >= 15 is 0 Å². The van der Waals surface area contributed by atoms with Gasteiger partial charge in [-0.1, -0.05) is 42.5 Å². The molecule has 0 fully saturated rings.